The fraction of sp³-hybridized carbons (Fsp3) is 0.167. The van der Waals surface area contributed by atoms with Gasteiger partial charge < -0.3 is 19.5 Å². The molecule has 276 valence electrons. The fourth-order valence-electron chi connectivity index (χ4n) is 5.08. The zero-order valence-electron chi connectivity index (χ0n) is 28.4. The Morgan fingerprint density at radius 2 is 0.868 bits per heavy atom. The largest absolute Gasteiger partial charge is 2.00 e. The van der Waals surface area contributed by atoms with Crippen molar-refractivity contribution in [2.75, 3.05) is 13.1 Å². The van der Waals surface area contributed by atoms with Crippen LogP contribution in [0.4, 0.5) is 0 Å². The average molecular weight is 855 g/mol. The van der Waals surface area contributed by atoms with Crippen LogP contribution < -0.4 is 31.8 Å². The molecular weight excluding hydrogens is 817 g/mol. The summed E-state index contributed by atoms with van der Waals surface area (Å²) >= 11 is 0. The van der Waals surface area contributed by atoms with Gasteiger partial charge in [0.1, 0.15) is 11.2 Å². The van der Waals surface area contributed by atoms with E-state index in [0.717, 1.165) is 11.1 Å². The van der Waals surface area contributed by atoms with Crippen LogP contribution in [0, 0.1) is 0 Å². The van der Waals surface area contributed by atoms with Gasteiger partial charge in [0, 0.05) is 24.2 Å². The quantitative estimate of drug-likeness (QED) is 0.101. The normalized spacial score (nSPS) is 11.1. The van der Waals surface area contributed by atoms with E-state index < -0.39 is 20.0 Å². The van der Waals surface area contributed by atoms with Crippen molar-refractivity contribution in [3.05, 3.63) is 152 Å². The Hall–Kier alpha value is -3.76. The van der Waals surface area contributed by atoms with E-state index in [2.05, 4.69) is 10.6 Å². The summed E-state index contributed by atoms with van der Waals surface area (Å²) in [7, 11) is -7.33. The van der Waals surface area contributed by atoms with Crippen molar-refractivity contribution in [1.29, 1.82) is 0 Å². The first-order valence-electron chi connectivity index (χ1n) is 15.5. The van der Waals surface area contributed by atoms with E-state index in [4.69, 9.17) is 19.1 Å². The van der Waals surface area contributed by atoms with Crippen LogP contribution in [-0.4, -0.2) is 29.9 Å². The molecule has 6 rings (SSSR count). The Bertz CT molecular complexity index is 2270. The van der Waals surface area contributed by atoms with Gasteiger partial charge in [-0.3, -0.25) is 9.59 Å². The molecule has 6 N–H and O–H groups in total. The minimum Gasteiger partial charge on any atom is -0.464 e. The minimum absolute atomic E-state index is 0. The number of nitrogens with two attached hydrogens (primary N) is 2. The molecule has 0 atom stereocenters. The van der Waals surface area contributed by atoms with Crippen LogP contribution in [0.15, 0.2) is 138 Å². The van der Waals surface area contributed by atoms with Gasteiger partial charge in [-0.25, -0.2) is 27.1 Å². The van der Waals surface area contributed by atoms with E-state index >= 15 is 0 Å². The molecule has 6 aromatic rings. The summed E-state index contributed by atoms with van der Waals surface area (Å²) in [6.07, 6.45) is 4.37. The van der Waals surface area contributed by atoms with Crippen molar-refractivity contribution in [1.82, 2.24) is 10.6 Å². The van der Waals surface area contributed by atoms with E-state index in [1.54, 1.807) is 48.5 Å². The Morgan fingerprint density at radius 1 is 0.528 bits per heavy atom. The number of sulfonamides is 2. The molecule has 0 aliphatic carbocycles. The van der Waals surface area contributed by atoms with Crippen LogP contribution in [0.2, 0.25) is 0 Å². The molecule has 2 aromatic heterocycles. The Balaban J connectivity index is 0.000000347. The second-order valence-electron chi connectivity index (χ2n) is 11.4. The summed E-state index contributed by atoms with van der Waals surface area (Å²) < 4.78 is 55.8. The van der Waals surface area contributed by atoms with Gasteiger partial charge in [0.15, 0.2) is 10.9 Å². The van der Waals surface area contributed by atoms with E-state index in [1.165, 1.54) is 36.8 Å². The zero-order valence-corrected chi connectivity index (χ0v) is 34.6. The van der Waals surface area contributed by atoms with Gasteiger partial charge >= 0.3 is 19.5 Å². The second kappa shape index (κ2) is 20.6. The maximum Gasteiger partial charge on any atom is 2.00 e. The summed E-state index contributed by atoms with van der Waals surface area (Å²) in [5.41, 5.74) is 4.18. The Labute approximate surface area is 332 Å². The SMILES string of the molecule is Cl.Cl.NS(=O)(=O)c1ccc(CCNCc2coc3ccccc3c2=O)cc1.NS(=O)(=O)c1ccc(CCNCc2coc3ccccc3c2=O)cc1.[Zn+2]. The fourth-order valence-corrected chi connectivity index (χ4v) is 6.11. The number of para-hydroxylation sites is 2. The third kappa shape index (κ3) is 12.7. The second-order valence-corrected chi connectivity index (χ2v) is 14.5. The molecule has 0 aliphatic rings. The first-order chi connectivity index (χ1) is 23.9. The summed E-state index contributed by atoms with van der Waals surface area (Å²) in [6, 6.07) is 27.2. The Morgan fingerprint density at radius 3 is 1.21 bits per heavy atom. The third-order valence-corrected chi connectivity index (χ3v) is 9.68. The molecule has 53 heavy (non-hydrogen) atoms. The molecule has 0 radical (unpaired) electrons. The standard InChI is InChI=1S/2C18H18N2O4S.2ClH.Zn/c2*19-25(22,23)15-7-5-13(6-8-15)9-10-20-11-14-12-24-17-4-2-1-3-16(17)18(14)21;;;/h2*1-8,12,20H,9-11H2,(H2,19,22,23);2*1H;/q;;;;+2. The van der Waals surface area contributed by atoms with Crippen molar-refractivity contribution in [2.45, 2.75) is 35.7 Å². The number of fused-ring (bicyclic) bond motifs is 2. The number of nitrogens with one attached hydrogen (secondary N) is 2. The molecular formula is C36H38Cl2N4O8S2Zn+2. The number of primary sulfonamides is 2. The molecule has 0 amide bonds. The molecule has 0 saturated heterocycles. The van der Waals surface area contributed by atoms with E-state index in [-0.39, 0.29) is 64.9 Å². The molecule has 12 nitrogen and oxygen atoms in total. The topological polar surface area (TPSA) is 205 Å². The monoisotopic (exact) mass is 852 g/mol. The molecule has 0 aliphatic heterocycles. The predicted octanol–water partition coefficient (Wildman–Crippen LogP) is 4.39. The van der Waals surface area contributed by atoms with E-state index in [0.29, 0.717) is 72.1 Å². The maximum atomic E-state index is 12.4. The van der Waals surface area contributed by atoms with Crippen LogP contribution in [0.25, 0.3) is 21.9 Å². The van der Waals surface area contributed by atoms with Crippen molar-refractivity contribution in [3.8, 4) is 0 Å². The first kappa shape index (κ1) is 45.4. The first-order valence-corrected chi connectivity index (χ1v) is 18.6. The molecule has 17 heteroatoms. The van der Waals surface area contributed by atoms with Gasteiger partial charge in [-0.1, -0.05) is 48.5 Å². The number of halogens is 2. The summed E-state index contributed by atoms with van der Waals surface area (Å²) in [4.78, 5) is 24.9. The zero-order chi connectivity index (χ0) is 35.7. The minimum atomic E-state index is -3.66. The van der Waals surface area contributed by atoms with E-state index in [9.17, 15) is 26.4 Å². The van der Waals surface area contributed by atoms with Gasteiger partial charge in [0.2, 0.25) is 20.0 Å². The smallest absolute Gasteiger partial charge is 0.464 e. The van der Waals surface area contributed by atoms with Gasteiger partial charge in [0.05, 0.1) is 33.1 Å². The number of hydrogen-bond donors (Lipinski definition) is 4. The number of hydrogen-bond acceptors (Lipinski definition) is 10. The number of rotatable bonds is 12. The average Bonchev–Trinajstić information content (AvgIpc) is 3.10. The molecule has 0 saturated carbocycles. The van der Waals surface area contributed by atoms with Gasteiger partial charge in [0.25, 0.3) is 0 Å². The summed E-state index contributed by atoms with van der Waals surface area (Å²) in [5.74, 6) is 0. The third-order valence-electron chi connectivity index (χ3n) is 7.82. The van der Waals surface area contributed by atoms with Crippen molar-refractivity contribution < 1.29 is 45.1 Å². The van der Waals surface area contributed by atoms with Gasteiger partial charge in [-0.2, -0.15) is 0 Å². The van der Waals surface area contributed by atoms with Crippen LogP contribution in [0.5, 0.6) is 0 Å². The maximum absolute atomic E-state index is 12.4. The van der Waals surface area contributed by atoms with Crippen LogP contribution >= 0.6 is 24.8 Å². The van der Waals surface area contributed by atoms with Crippen LogP contribution in [-0.2, 0) is 65.5 Å². The van der Waals surface area contributed by atoms with Crippen molar-refractivity contribution >= 4 is 66.8 Å². The molecule has 0 fully saturated rings. The van der Waals surface area contributed by atoms with Gasteiger partial charge in [-0.05, 0) is 85.6 Å². The summed E-state index contributed by atoms with van der Waals surface area (Å²) in [5, 5.41) is 17.7. The molecule has 0 spiro atoms. The van der Waals surface area contributed by atoms with E-state index in [1.807, 2.05) is 24.3 Å². The van der Waals surface area contributed by atoms with Gasteiger partial charge in [-0.15, -0.1) is 24.8 Å². The van der Waals surface area contributed by atoms with Crippen molar-refractivity contribution in [3.63, 3.8) is 0 Å². The van der Waals surface area contributed by atoms with Crippen molar-refractivity contribution in [2.24, 2.45) is 10.3 Å². The number of benzene rings is 4. The molecule has 2 heterocycles. The Kier molecular flexibility index (Phi) is 17.7. The molecule has 0 unspecified atom stereocenters. The summed E-state index contributed by atoms with van der Waals surface area (Å²) in [6.45, 7) is 2.09. The van der Waals surface area contributed by atoms with Crippen LogP contribution in [0.3, 0.4) is 0 Å². The molecule has 0 bridgehead atoms. The van der Waals surface area contributed by atoms with Crippen LogP contribution in [0.1, 0.15) is 22.3 Å². The molecule has 4 aromatic carbocycles. The predicted molar refractivity (Wildman–Crippen MR) is 206 cm³/mol.